The van der Waals surface area contributed by atoms with Crippen LogP contribution in [-0.2, 0) is 22.4 Å². The van der Waals surface area contributed by atoms with Crippen LogP contribution in [0.5, 0.6) is 0 Å². The zero-order chi connectivity index (χ0) is 30.1. The largest absolute Gasteiger partial charge is 0.383 e. The molecule has 1 amide bonds. The zero-order valence-corrected chi connectivity index (χ0v) is 24.7. The molecule has 2 heterocycles. The molecule has 0 radical (unpaired) electrons. The molecule has 2 atom stereocenters. The van der Waals surface area contributed by atoms with Gasteiger partial charge in [0.1, 0.15) is 5.82 Å². The van der Waals surface area contributed by atoms with E-state index in [0.717, 1.165) is 54.5 Å². The summed E-state index contributed by atoms with van der Waals surface area (Å²) in [7, 11) is 0. The van der Waals surface area contributed by atoms with E-state index in [0.29, 0.717) is 24.2 Å². The number of aromatic nitrogens is 1. The number of ketones is 1. The Labute approximate surface area is 254 Å². The quantitative estimate of drug-likeness (QED) is 0.225. The Morgan fingerprint density at radius 2 is 1.72 bits per heavy atom. The Kier molecular flexibility index (Phi) is 13.0. The Morgan fingerprint density at radius 3 is 2.44 bits per heavy atom. The second-order valence-corrected chi connectivity index (χ2v) is 11.7. The van der Waals surface area contributed by atoms with E-state index in [1.807, 2.05) is 38.1 Å². The topological polar surface area (TPSA) is 100 Å². The summed E-state index contributed by atoms with van der Waals surface area (Å²) in [6.07, 6.45) is 7.57. The Morgan fingerprint density at radius 1 is 0.977 bits per heavy atom. The fourth-order valence-electron chi connectivity index (χ4n) is 5.66. The van der Waals surface area contributed by atoms with Crippen molar-refractivity contribution in [2.45, 2.75) is 90.8 Å². The van der Waals surface area contributed by atoms with Crippen molar-refractivity contribution in [2.75, 3.05) is 25.4 Å². The van der Waals surface area contributed by atoms with Crippen LogP contribution in [0.3, 0.4) is 0 Å². The third-order valence-corrected chi connectivity index (χ3v) is 7.92. The van der Waals surface area contributed by atoms with Crippen molar-refractivity contribution in [3.05, 3.63) is 71.4 Å². The minimum atomic E-state index is -0.980. The number of hydrogen-bond donors (Lipinski definition) is 3. The lowest BCUT2D eigenvalue weighted by Gasteiger charge is -2.28. The molecule has 2 aromatic carbocycles. The zero-order valence-electron chi connectivity index (χ0n) is 24.7. The lowest BCUT2D eigenvalue weighted by molar-refractivity contribution is -0.129. The Hall–Kier alpha value is -3.43. The number of anilines is 1. The minimum Gasteiger partial charge on any atom is -0.383 e. The van der Waals surface area contributed by atoms with Crippen molar-refractivity contribution in [1.29, 1.82) is 0 Å². The summed E-state index contributed by atoms with van der Waals surface area (Å²) in [5.41, 5.74) is 7.37. The highest BCUT2D eigenvalue weighted by Gasteiger charge is 2.26. The van der Waals surface area contributed by atoms with Crippen LogP contribution in [0.2, 0.25) is 0 Å². The third-order valence-electron chi connectivity index (χ3n) is 7.92. The lowest BCUT2D eigenvalue weighted by Crippen LogP contribution is -2.52. The van der Waals surface area contributed by atoms with Gasteiger partial charge < -0.3 is 21.3 Å². The molecule has 0 unspecified atom stereocenters. The molecule has 1 fully saturated rings. The van der Waals surface area contributed by atoms with Gasteiger partial charge in [-0.05, 0) is 92.9 Å². The van der Waals surface area contributed by atoms with Crippen molar-refractivity contribution in [3.8, 4) is 0 Å². The Bertz CT molecular complexity index is 1360. The molecule has 4 N–H and O–H groups in total. The van der Waals surface area contributed by atoms with Gasteiger partial charge in [0.25, 0.3) is 0 Å². The number of halogens is 2. The number of hydrogen-bond acceptors (Lipinski definition) is 6. The average Bonchev–Trinajstić information content (AvgIpc) is 2.97. The molecule has 1 aromatic heterocycles. The second-order valence-electron chi connectivity index (χ2n) is 11.7. The highest BCUT2D eigenvalue weighted by molar-refractivity contribution is 5.92. The summed E-state index contributed by atoms with van der Waals surface area (Å²) in [6, 6.07) is 9.99. The summed E-state index contributed by atoms with van der Waals surface area (Å²) in [5, 5.41) is 8.10. The molecule has 0 aliphatic carbocycles. The van der Waals surface area contributed by atoms with Crippen LogP contribution in [0, 0.1) is 11.6 Å². The van der Waals surface area contributed by atoms with Crippen molar-refractivity contribution in [3.63, 3.8) is 0 Å². The SMILES string of the molecule is C.CC(C)N[C@H](CCCN1CCCCC1)C(=O)N[C@@H](Cc1ccc(F)c(F)c1)C(=O)CCc1ccc2c(N)nccc2c1. The van der Waals surface area contributed by atoms with Crippen LogP contribution >= 0.6 is 0 Å². The standard InChI is InChI=1S/C33H43F2N5O2.CH4/c1-22(2)38-29(7-6-18-40-16-4-3-5-17-40)33(42)39-30(21-24-9-12-27(34)28(35)20-24)31(41)13-10-23-8-11-26-25(19-23)14-15-37-32(26)36;/h8-9,11-12,14-15,19-20,22,29-30,38H,3-7,10,13,16-18,21H2,1-2H3,(H2,36,37)(H,39,42);1H4/t29-,30+;/m1./s1. The van der Waals surface area contributed by atoms with E-state index in [4.69, 9.17) is 5.73 Å². The van der Waals surface area contributed by atoms with Gasteiger partial charge in [-0.15, -0.1) is 0 Å². The van der Waals surface area contributed by atoms with Crippen LogP contribution < -0.4 is 16.4 Å². The number of nitrogen functional groups attached to an aromatic ring is 1. The molecule has 9 heteroatoms. The number of rotatable bonds is 14. The monoisotopic (exact) mass is 595 g/mol. The van der Waals surface area contributed by atoms with E-state index in [-0.39, 0.29) is 38.0 Å². The smallest absolute Gasteiger partial charge is 0.237 e. The number of nitrogens with one attached hydrogen (secondary N) is 2. The number of benzene rings is 2. The van der Waals surface area contributed by atoms with Gasteiger partial charge in [0, 0.05) is 24.0 Å². The van der Waals surface area contributed by atoms with E-state index in [1.165, 1.54) is 25.3 Å². The van der Waals surface area contributed by atoms with Gasteiger partial charge in [-0.2, -0.15) is 0 Å². The van der Waals surface area contributed by atoms with Crippen molar-refractivity contribution in [1.82, 2.24) is 20.5 Å². The highest BCUT2D eigenvalue weighted by atomic mass is 19.2. The molecular weight excluding hydrogens is 548 g/mol. The van der Waals surface area contributed by atoms with Gasteiger partial charge in [0.2, 0.25) is 5.91 Å². The maximum Gasteiger partial charge on any atom is 0.237 e. The van der Waals surface area contributed by atoms with E-state index < -0.39 is 23.7 Å². The van der Waals surface area contributed by atoms with E-state index in [1.54, 1.807) is 6.20 Å². The predicted octanol–water partition coefficient (Wildman–Crippen LogP) is 5.59. The third kappa shape index (κ3) is 10.1. The molecule has 1 saturated heterocycles. The molecule has 4 rings (SSSR count). The van der Waals surface area contributed by atoms with Gasteiger partial charge in [0.15, 0.2) is 17.4 Å². The van der Waals surface area contributed by atoms with Crippen molar-refractivity contribution >= 4 is 28.3 Å². The van der Waals surface area contributed by atoms with E-state index >= 15 is 0 Å². The first-order valence-electron chi connectivity index (χ1n) is 15.1. The van der Waals surface area contributed by atoms with Crippen LogP contribution in [0.15, 0.2) is 48.7 Å². The fourth-order valence-corrected chi connectivity index (χ4v) is 5.66. The second kappa shape index (κ2) is 16.4. The van der Waals surface area contributed by atoms with Gasteiger partial charge in [-0.1, -0.05) is 52.0 Å². The van der Waals surface area contributed by atoms with Gasteiger partial charge in [-0.25, -0.2) is 13.8 Å². The first-order valence-corrected chi connectivity index (χ1v) is 15.1. The minimum absolute atomic E-state index is 0. The molecule has 1 aliphatic heterocycles. The molecule has 3 aromatic rings. The summed E-state index contributed by atoms with van der Waals surface area (Å²) < 4.78 is 27.6. The number of nitrogens with two attached hydrogens (primary N) is 1. The molecule has 234 valence electrons. The molecule has 43 heavy (non-hydrogen) atoms. The number of aryl methyl sites for hydroxylation is 1. The number of carbonyl (C=O) groups is 2. The normalized spacial score (nSPS) is 15.2. The molecule has 7 nitrogen and oxygen atoms in total. The number of fused-ring (bicyclic) bond motifs is 1. The number of piperidine rings is 1. The molecule has 0 bridgehead atoms. The van der Waals surface area contributed by atoms with Gasteiger partial charge in [0.05, 0.1) is 12.1 Å². The van der Waals surface area contributed by atoms with E-state index in [2.05, 4.69) is 20.5 Å². The summed E-state index contributed by atoms with van der Waals surface area (Å²) in [4.78, 5) is 33.7. The maximum absolute atomic E-state index is 14.0. The van der Waals surface area contributed by atoms with Crippen LogP contribution in [0.1, 0.15) is 70.9 Å². The number of nitrogens with zero attached hydrogens (tertiary/aromatic N) is 2. The first-order chi connectivity index (χ1) is 20.2. The number of amides is 1. The Balaban J connectivity index is 0.00000506. The van der Waals surface area contributed by atoms with Gasteiger partial charge >= 0.3 is 0 Å². The number of carbonyl (C=O) groups excluding carboxylic acids is 2. The number of pyridine rings is 1. The molecule has 1 aliphatic rings. The van der Waals surface area contributed by atoms with Crippen LogP contribution in [0.4, 0.5) is 14.6 Å². The fraction of sp³-hybridized carbons (Fsp3) is 0.500. The molecular formula is C34H47F2N5O2. The maximum atomic E-state index is 14.0. The number of Topliss-reactive ketones (excluding diaryl/α,β-unsaturated/α-hetero) is 1. The average molecular weight is 596 g/mol. The van der Waals surface area contributed by atoms with E-state index in [9.17, 15) is 18.4 Å². The predicted molar refractivity (Wildman–Crippen MR) is 170 cm³/mol. The van der Waals surface area contributed by atoms with Crippen molar-refractivity contribution in [2.24, 2.45) is 0 Å². The summed E-state index contributed by atoms with van der Waals surface area (Å²) >= 11 is 0. The van der Waals surface area contributed by atoms with Crippen LogP contribution in [-0.4, -0.2) is 59.3 Å². The molecule has 0 saturated carbocycles. The first kappa shape index (κ1) is 34.1. The summed E-state index contributed by atoms with van der Waals surface area (Å²) in [5.74, 6) is -1.90. The van der Waals surface area contributed by atoms with Crippen molar-refractivity contribution < 1.29 is 18.4 Å². The highest BCUT2D eigenvalue weighted by Crippen LogP contribution is 2.21. The van der Waals surface area contributed by atoms with Crippen LogP contribution in [0.25, 0.3) is 10.8 Å². The lowest BCUT2D eigenvalue weighted by atomic mass is 9.96. The van der Waals surface area contributed by atoms with Gasteiger partial charge in [-0.3, -0.25) is 9.59 Å². The summed E-state index contributed by atoms with van der Waals surface area (Å²) in [6.45, 7) is 7.11. The molecule has 0 spiro atoms. The number of likely N-dealkylation sites (tertiary alicyclic amines) is 1.